The zero-order valence-electron chi connectivity index (χ0n) is 22.7. The van der Waals surface area contributed by atoms with Gasteiger partial charge in [-0.1, -0.05) is 18.2 Å². The summed E-state index contributed by atoms with van der Waals surface area (Å²) < 4.78 is 5.63. The molecular formula is C30H40N4O5. The lowest BCUT2D eigenvalue weighted by molar-refractivity contribution is -0.134. The molecule has 0 radical (unpaired) electrons. The summed E-state index contributed by atoms with van der Waals surface area (Å²) in [4.78, 5) is 41.2. The van der Waals surface area contributed by atoms with Gasteiger partial charge in [-0.3, -0.25) is 14.4 Å². The van der Waals surface area contributed by atoms with Gasteiger partial charge in [-0.05, 0) is 87.1 Å². The van der Waals surface area contributed by atoms with E-state index in [4.69, 9.17) is 4.74 Å². The van der Waals surface area contributed by atoms with Gasteiger partial charge in [0, 0.05) is 44.6 Å². The van der Waals surface area contributed by atoms with Gasteiger partial charge in [-0.25, -0.2) is 0 Å². The number of fused-ring (bicyclic) bond motifs is 2. The quantitative estimate of drug-likeness (QED) is 0.352. The minimum absolute atomic E-state index is 0.0382. The fraction of sp³-hybridized carbons (Fsp3) is 0.500. The van der Waals surface area contributed by atoms with E-state index >= 15 is 0 Å². The lowest BCUT2D eigenvalue weighted by Gasteiger charge is -2.29. The number of esters is 1. The molecule has 2 amide bonds. The summed E-state index contributed by atoms with van der Waals surface area (Å²) in [7, 11) is 0. The summed E-state index contributed by atoms with van der Waals surface area (Å²) in [6.07, 6.45) is 4.02. The van der Waals surface area contributed by atoms with Crippen LogP contribution in [0.5, 0.6) is 11.5 Å². The molecule has 9 heteroatoms. The highest BCUT2D eigenvalue weighted by molar-refractivity contribution is 5.86. The summed E-state index contributed by atoms with van der Waals surface area (Å²) in [5.41, 5.74) is 2.39. The number of amides is 2. The van der Waals surface area contributed by atoms with Crippen molar-refractivity contribution >= 4 is 17.8 Å². The molecule has 4 bridgehead atoms. The van der Waals surface area contributed by atoms with Crippen LogP contribution in [0, 0.1) is 0 Å². The average Bonchev–Trinajstić information content (AvgIpc) is 2.92. The van der Waals surface area contributed by atoms with Crippen LogP contribution in [0.25, 0.3) is 0 Å². The third kappa shape index (κ3) is 8.28. The zero-order chi connectivity index (χ0) is 27.6. The zero-order valence-corrected chi connectivity index (χ0v) is 22.7. The molecule has 9 nitrogen and oxygen atoms in total. The van der Waals surface area contributed by atoms with Gasteiger partial charge in [-0.15, -0.1) is 0 Å². The van der Waals surface area contributed by atoms with E-state index in [2.05, 4.69) is 16.0 Å². The summed E-state index contributed by atoms with van der Waals surface area (Å²) >= 11 is 0. The molecule has 0 fully saturated rings. The van der Waals surface area contributed by atoms with Crippen molar-refractivity contribution in [3.63, 3.8) is 0 Å². The average molecular weight is 537 g/mol. The molecule has 0 saturated heterocycles. The maximum Gasteiger partial charge on any atom is 0.308 e. The Morgan fingerprint density at radius 3 is 2.54 bits per heavy atom. The Balaban J connectivity index is 1.84. The number of rotatable bonds is 3. The highest BCUT2D eigenvalue weighted by atomic mass is 16.5. The van der Waals surface area contributed by atoms with Crippen molar-refractivity contribution in [2.45, 2.75) is 57.4 Å². The van der Waals surface area contributed by atoms with Crippen LogP contribution >= 0.6 is 0 Å². The Hall–Kier alpha value is -3.43. The van der Waals surface area contributed by atoms with Crippen LogP contribution in [0.4, 0.5) is 0 Å². The third-order valence-corrected chi connectivity index (χ3v) is 7.32. The molecular weight excluding hydrogens is 496 g/mol. The van der Waals surface area contributed by atoms with Crippen LogP contribution in [-0.2, 0) is 20.8 Å². The van der Waals surface area contributed by atoms with Gasteiger partial charge in [-0.2, -0.15) is 0 Å². The Morgan fingerprint density at radius 2 is 1.74 bits per heavy atom. The lowest BCUT2D eigenvalue weighted by atomic mass is 9.87. The van der Waals surface area contributed by atoms with E-state index in [1.165, 1.54) is 6.92 Å². The molecule has 2 aromatic rings. The summed E-state index contributed by atoms with van der Waals surface area (Å²) in [6.45, 7) is 5.46. The number of nitrogens with zero attached hydrogens (tertiary/aromatic N) is 1. The molecule has 2 aliphatic heterocycles. The van der Waals surface area contributed by atoms with Gasteiger partial charge in [0.15, 0.2) is 0 Å². The van der Waals surface area contributed by atoms with E-state index in [0.29, 0.717) is 43.8 Å². The number of aromatic hydroxyl groups is 1. The maximum atomic E-state index is 14.3. The molecule has 0 unspecified atom stereocenters. The number of carbonyl (C=O) groups excluding carboxylic acids is 3. The molecule has 0 aliphatic carbocycles. The minimum atomic E-state index is -0.611. The minimum Gasteiger partial charge on any atom is -0.508 e. The molecule has 0 aromatic heterocycles. The first-order valence-corrected chi connectivity index (χ1v) is 14.0. The highest BCUT2D eigenvalue weighted by Crippen LogP contribution is 2.35. The molecule has 2 aliphatic rings. The molecule has 39 heavy (non-hydrogen) atoms. The largest absolute Gasteiger partial charge is 0.508 e. The van der Waals surface area contributed by atoms with Crippen LogP contribution in [0.2, 0.25) is 0 Å². The number of phenols is 1. The van der Waals surface area contributed by atoms with E-state index in [0.717, 1.165) is 50.0 Å². The van der Waals surface area contributed by atoms with Crippen LogP contribution in [0.15, 0.2) is 42.5 Å². The van der Waals surface area contributed by atoms with Gasteiger partial charge in [0.1, 0.15) is 11.5 Å². The van der Waals surface area contributed by atoms with Crippen LogP contribution in [-0.4, -0.2) is 67.1 Å². The van der Waals surface area contributed by atoms with E-state index in [9.17, 15) is 19.5 Å². The number of ether oxygens (including phenoxy) is 1. The molecule has 0 spiro atoms. The second-order valence-electron chi connectivity index (χ2n) is 10.4. The van der Waals surface area contributed by atoms with Gasteiger partial charge in [0.2, 0.25) is 11.8 Å². The molecule has 4 N–H and O–H groups in total. The van der Waals surface area contributed by atoms with Crippen LogP contribution in [0.1, 0.15) is 67.7 Å². The smallest absolute Gasteiger partial charge is 0.308 e. The Morgan fingerprint density at radius 1 is 0.974 bits per heavy atom. The predicted octanol–water partition coefficient (Wildman–Crippen LogP) is 2.79. The summed E-state index contributed by atoms with van der Waals surface area (Å²) in [5.74, 6) is -0.641. The van der Waals surface area contributed by atoms with E-state index in [1.54, 1.807) is 18.2 Å². The number of hydrogen-bond donors (Lipinski definition) is 4. The molecule has 2 atom stereocenters. The predicted molar refractivity (Wildman–Crippen MR) is 149 cm³/mol. The fourth-order valence-electron chi connectivity index (χ4n) is 5.28. The first-order valence-electron chi connectivity index (χ1n) is 14.0. The summed E-state index contributed by atoms with van der Waals surface area (Å²) in [5, 5.41) is 19.9. The van der Waals surface area contributed by atoms with Gasteiger partial charge in [0.25, 0.3) is 0 Å². The molecule has 0 saturated carbocycles. The second kappa shape index (κ2) is 14.1. The van der Waals surface area contributed by atoms with Gasteiger partial charge in [0.05, 0.1) is 5.92 Å². The van der Waals surface area contributed by atoms with Crippen molar-refractivity contribution in [2.75, 3.05) is 39.3 Å². The van der Waals surface area contributed by atoms with Gasteiger partial charge < -0.3 is 30.7 Å². The van der Waals surface area contributed by atoms with Crippen molar-refractivity contribution in [1.29, 1.82) is 0 Å². The molecule has 210 valence electrons. The number of hydrogen-bond acceptors (Lipinski definition) is 7. The monoisotopic (exact) mass is 536 g/mol. The summed E-state index contributed by atoms with van der Waals surface area (Å²) in [6, 6.07) is 12.1. The van der Waals surface area contributed by atoms with Gasteiger partial charge >= 0.3 is 5.97 Å². The van der Waals surface area contributed by atoms with E-state index in [1.807, 2.05) is 29.2 Å². The van der Waals surface area contributed by atoms with E-state index < -0.39 is 11.9 Å². The number of carbonyl (C=O) groups is 3. The lowest BCUT2D eigenvalue weighted by Crippen LogP contribution is -2.39. The van der Waals surface area contributed by atoms with E-state index in [-0.39, 0.29) is 30.0 Å². The topological polar surface area (TPSA) is 120 Å². The first kappa shape index (κ1) is 28.6. The molecule has 4 rings (SSSR count). The maximum absolute atomic E-state index is 14.3. The fourth-order valence-corrected chi connectivity index (χ4v) is 5.28. The standard InChI is InChI=1S/C30H40N4O5/c1-21(35)39-28-11-8-23-19-25(28)26(18-22-6-9-24(36)10-7-22)30(38)34-16-3-2-12-31-13-4-14-32-27(23)20-29(37)33-15-5-17-34/h6-11,19,26-27,31-32,36H,2-5,12-18,20H2,1H3,(H,33,37)/t26-,27+/m0/s1. The van der Waals surface area contributed by atoms with Crippen LogP contribution in [0.3, 0.4) is 0 Å². The van der Waals surface area contributed by atoms with Crippen molar-refractivity contribution in [2.24, 2.45) is 0 Å². The molecule has 2 heterocycles. The van der Waals surface area contributed by atoms with Crippen molar-refractivity contribution in [1.82, 2.24) is 20.9 Å². The number of benzene rings is 2. The van der Waals surface area contributed by atoms with Crippen molar-refractivity contribution in [3.05, 3.63) is 59.2 Å². The Kier molecular flexibility index (Phi) is 10.3. The number of nitrogens with one attached hydrogen (secondary N) is 3. The number of phenolic OH excluding ortho intramolecular Hbond substituents is 1. The molecule has 2 aromatic carbocycles. The highest BCUT2D eigenvalue weighted by Gasteiger charge is 2.31. The first-order chi connectivity index (χ1) is 18.9. The third-order valence-electron chi connectivity index (χ3n) is 7.32. The Bertz CT molecular complexity index is 1140. The Labute approximate surface area is 230 Å². The van der Waals surface area contributed by atoms with Crippen molar-refractivity contribution < 1.29 is 24.2 Å². The normalized spacial score (nSPS) is 21.7. The second-order valence-corrected chi connectivity index (χ2v) is 10.4. The van der Waals surface area contributed by atoms with Crippen LogP contribution < -0.4 is 20.7 Å². The van der Waals surface area contributed by atoms with Crippen molar-refractivity contribution in [3.8, 4) is 11.5 Å². The SMILES string of the molecule is CC(=O)Oc1ccc2cc1[C@H](Cc1ccc(O)cc1)C(=O)N1CCCCNCCCN[C@@H]2CC(=O)NCCC1.